The minimum absolute atomic E-state index is 0.0119. The van der Waals surface area contributed by atoms with E-state index >= 15 is 0 Å². The van der Waals surface area contributed by atoms with Gasteiger partial charge in [0.15, 0.2) is 0 Å². The zero-order chi connectivity index (χ0) is 19.9. The van der Waals surface area contributed by atoms with Crippen molar-refractivity contribution in [1.82, 2.24) is 25.6 Å². The molecule has 0 aliphatic carbocycles. The van der Waals surface area contributed by atoms with Crippen LogP contribution in [0.2, 0.25) is 0 Å². The number of likely N-dealkylation sites (tertiary alicyclic amines) is 1. The number of nitrogens with one attached hydrogen (secondary N) is 2. The second-order valence-electron chi connectivity index (χ2n) is 7.13. The van der Waals surface area contributed by atoms with Crippen molar-refractivity contribution in [2.75, 3.05) is 13.1 Å². The summed E-state index contributed by atoms with van der Waals surface area (Å²) < 4.78 is 0. The van der Waals surface area contributed by atoms with Gasteiger partial charge in [0, 0.05) is 29.7 Å². The fourth-order valence-corrected chi connectivity index (χ4v) is 3.38. The van der Waals surface area contributed by atoms with Crippen molar-refractivity contribution in [2.24, 2.45) is 5.10 Å². The van der Waals surface area contributed by atoms with Gasteiger partial charge in [-0.3, -0.25) is 4.79 Å². The van der Waals surface area contributed by atoms with Gasteiger partial charge in [0.05, 0.1) is 13.1 Å². The van der Waals surface area contributed by atoms with Crippen LogP contribution in [0.15, 0.2) is 65.8 Å². The number of hydrogen-bond donors (Lipinski definition) is 2. The number of tetrazole rings is 1. The highest BCUT2D eigenvalue weighted by atomic mass is 16.2. The molecule has 0 atom stereocenters. The third-order valence-electron chi connectivity index (χ3n) is 4.94. The minimum Gasteiger partial charge on any atom is -0.331 e. The number of carbonyl (C=O) groups is 1. The van der Waals surface area contributed by atoms with Crippen LogP contribution in [-0.2, 0) is 17.9 Å². The molecule has 1 aliphatic heterocycles. The van der Waals surface area contributed by atoms with Gasteiger partial charge in [0.25, 0.3) is 5.91 Å². The summed E-state index contributed by atoms with van der Waals surface area (Å²) in [4.78, 5) is 15.0. The summed E-state index contributed by atoms with van der Waals surface area (Å²) in [5.41, 5.74) is 5.88. The third-order valence-corrected chi connectivity index (χ3v) is 4.94. The molecule has 1 saturated heterocycles. The summed E-state index contributed by atoms with van der Waals surface area (Å²) in [5.74, 6) is 0.243. The normalized spacial score (nSPS) is 16.4. The summed E-state index contributed by atoms with van der Waals surface area (Å²) in [6, 6.07) is 20.1. The number of piperidine rings is 1. The molecule has 0 radical (unpaired) electrons. The van der Waals surface area contributed by atoms with Gasteiger partial charge in [0.2, 0.25) is 5.82 Å². The lowest BCUT2D eigenvalue weighted by molar-refractivity contribution is -0.914. The number of hydrogen-bond acceptors (Lipinski definition) is 5. The first kappa shape index (κ1) is 18.9. The smallest absolute Gasteiger partial charge is 0.263 e. The summed E-state index contributed by atoms with van der Waals surface area (Å²) in [5, 5.41) is 16.5. The van der Waals surface area contributed by atoms with Crippen LogP contribution in [0, 0.1) is 0 Å². The predicted octanol–water partition coefficient (Wildman–Crippen LogP) is 0.691. The lowest BCUT2D eigenvalue weighted by Crippen LogP contribution is -3.11. The molecule has 0 bridgehead atoms. The highest BCUT2D eigenvalue weighted by Crippen LogP contribution is 2.11. The molecular weight excluding hydrogens is 366 g/mol. The highest BCUT2D eigenvalue weighted by Gasteiger charge is 2.19. The number of nitrogens with zero attached hydrogens (tertiary/aromatic N) is 5. The van der Waals surface area contributed by atoms with Crippen molar-refractivity contribution in [3.8, 4) is 11.4 Å². The van der Waals surface area contributed by atoms with E-state index in [1.807, 2.05) is 36.4 Å². The van der Waals surface area contributed by atoms with E-state index in [0.717, 1.165) is 43.8 Å². The van der Waals surface area contributed by atoms with Gasteiger partial charge in [-0.15, -0.1) is 10.2 Å². The van der Waals surface area contributed by atoms with Crippen molar-refractivity contribution in [2.45, 2.75) is 25.9 Å². The van der Waals surface area contributed by atoms with Crippen molar-refractivity contribution >= 4 is 11.6 Å². The monoisotopic (exact) mass is 390 g/mol. The molecule has 8 heteroatoms. The Kier molecular flexibility index (Phi) is 6.01. The molecular formula is C21H24N7O+. The first-order valence-corrected chi connectivity index (χ1v) is 9.81. The predicted molar refractivity (Wildman–Crippen MR) is 109 cm³/mol. The molecule has 2 N–H and O–H groups in total. The Morgan fingerprint density at radius 2 is 1.72 bits per heavy atom. The van der Waals surface area contributed by atoms with E-state index in [9.17, 15) is 4.79 Å². The summed E-state index contributed by atoms with van der Waals surface area (Å²) in [7, 11) is 0. The van der Waals surface area contributed by atoms with Gasteiger partial charge >= 0.3 is 0 Å². The van der Waals surface area contributed by atoms with E-state index in [4.69, 9.17) is 0 Å². The zero-order valence-corrected chi connectivity index (χ0v) is 16.2. The van der Waals surface area contributed by atoms with E-state index < -0.39 is 0 Å². The third kappa shape index (κ3) is 5.32. The molecule has 1 amide bonds. The van der Waals surface area contributed by atoms with Gasteiger partial charge < -0.3 is 4.90 Å². The SMILES string of the molecule is O=C(Cn1nnc(-c2ccccc2)n1)NN=C1CC[NH+](Cc2ccccc2)CC1. The molecule has 1 aliphatic rings. The molecule has 0 saturated carbocycles. The Morgan fingerprint density at radius 3 is 2.45 bits per heavy atom. The van der Waals surface area contributed by atoms with E-state index in [0.29, 0.717) is 5.82 Å². The van der Waals surface area contributed by atoms with Crippen LogP contribution in [0.25, 0.3) is 11.4 Å². The number of aromatic nitrogens is 4. The van der Waals surface area contributed by atoms with Gasteiger partial charge in [-0.25, -0.2) is 5.43 Å². The first-order chi connectivity index (χ1) is 14.3. The molecule has 148 valence electrons. The Hall–Kier alpha value is -3.39. The number of rotatable bonds is 6. The molecule has 29 heavy (non-hydrogen) atoms. The molecule has 4 rings (SSSR count). The van der Waals surface area contributed by atoms with Crippen molar-refractivity contribution in [3.05, 3.63) is 66.2 Å². The minimum atomic E-state index is -0.256. The van der Waals surface area contributed by atoms with E-state index in [2.05, 4.69) is 50.2 Å². The van der Waals surface area contributed by atoms with Crippen molar-refractivity contribution < 1.29 is 9.69 Å². The molecule has 0 spiro atoms. The molecule has 3 aromatic rings. The fraction of sp³-hybridized carbons (Fsp3) is 0.286. The van der Waals surface area contributed by atoms with Crippen LogP contribution >= 0.6 is 0 Å². The van der Waals surface area contributed by atoms with Crippen LogP contribution in [0.3, 0.4) is 0 Å². The maximum atomic E-state index is 12.2. The quantitative estimate of drug-likeness (QED) is 0.606. The molecule has 2 aromatic carbocycles. The lowest BCUT2D eigenvalue weighted by Gasteiger charge is -2.24. The highest BCUT2D eigenvalue weighted by molar-refractivity contribution is 5.86. The van der Waals surface area contributed by atoms with Gasteiger partial charge in [-0.1, -0.05) is 60.7 Å². The van der Waals surface area contributed by atoms with Crippen LogP contribution in [0.1, 0.15) is 18.4 Å². The van der Waals surface area contributed by atoms with Crippen molar-refractivity contribution in [3.63, 3.8) is 0 Å². The van der Waals surface area contributed by atoms with E-state index in [-0.39, 0.29) is 12.5 Å². The largest absolute Gasteiger partial charge is 0.331 e. The van der Waals surface area contributed by atoms with Crippen LogP contribution in [0.4, 0.5) is 0 Å². The summed E-state index contributed by atoms with van der Waals surface area (Å²) in [6.45, 7) is 3.06. The topological polar surface area (TPSA) is 89.5 Å². The maximum absolute atomic E-state index is 12.2. The Labute approximate surface area is 169 Å². The van der Waals surface area contributed by atoms with E-state index in [1.165, 1.54) is 10.4 Å². The van der Waals surface area contributed by atoms with Gasteiger partial charge in [-0.2, -0.15) is 9.90 Å². The standard InChI is InChI=1S/C21H23N7O/c29-20(16-28-25-21(24-26-28)18-9-5-2-6-10-18)23-22-19-11-13-27(14-12-19)15-17-7-3-1-4-8-17/h1-10H,11-16H2,(H,23,29)/p+1. The summed E-state index contributed by atoms with van der Waals surface area (Å²) in [6.07, 6.45) is 1.78. The van der Waals surface area contributed by atoms with Crippen LogP contribution in [-0.4, -0.2) is 44.9 Å². The van der Waals surface area contributed by atoms with E-state index in [1.54, 1.807) is 4.90 Å². The molecule has 8 nitrogen and oxygen atoms in total. The second-order valence-corrected chi connectivity index (χ2v) is 7.13. The first-order valence-electron chi connectivity index (χ1n) is 9.81. The average Bonchev–Trinajstić information content (AvgIpc) is 3.23. The number of benzene rings is 2. The zero-order valence-electron chi connectivity index (χ0n) is 16.2. The second kappa shape index (κ2) is 9.20. The van der Waals surface area contributed by atoms with Gasteiger partial charge in [0.1, 0.15) is 13.1 Å². The van der Waals surface area contributed by atoms with Crippen LogP contribution < -0.4 is 10.3 Å². The van der Waals surface area contributed by atoms with Gasteiger partial charge in [-0.05, 0) is 5.21 Å². The van der Waals surface area contributed by atoms with Crippen LogP contribution in [0.5, 0.6) is 0 Å². The average molecular weight is 390 g/mol. The lowest BCUT2D eigenvalue weighted by atomic mass is 10.1. The fourth-order valence-electron chi connectivity index (χ4n) is 3.38. The molecule has 1 aromatic heterocycles. The number of quaternary nitrogens is 1. The molecule has 1 fully saturated rings. The number of carbonyl (C=O) groups excluding carboxylic acids is 1. The Balaban J connectivity index is 1.24. The maximum Gasteiger partial charge on any atom is 0.263 e. The Bertz CT molecular complexity index is 959. The summed E-state index contributed by atoms with van der Waals surface area (Å²) >= 11 is 0. The molecule has 2 heterocycles. The molecule has 0 unspecified atom stereocenters. The van der Waals surface area contributed by atoms with Crippen molar-refractivity contribution in [1.29, 1.82) is 0 Å². The number of hydrazone groups is 1. The number of amides is 1. The Morgan fingerprint density at radius 1 is 1.03 bits per heavy atom.